The van der Waals surface area contributed by atoms with E-state index < -0.39 is 10.2 Å². The molecule has 0 aromatic carbocycles. The van der Waals surface area contributed by atoms with E-state index in [2.05, 4.69) is 17.7 Å². The highest BCUT2D eigenvalue weighted by molar-refractivity contribution is 5.50. The van der Waals surface area contributed by atoms with Gasteiger partial charge in [-0.25, -0.2) is 23.2 Å². The van der Waals surface area contributed by atoms with Crippen LogP contribution in [0, 0.1) is 10.2 Å². The van der Waals surface area contributed by atoms with Crippen LogP contribution in [0.25, 0.3) is 0 Å². The number of rotatable bonds is 1. The Morgan fingerprint density at radius 1 is 1.18 bits per heavy atom. The molecule has 0 aromatic rings. The van der Waals surface area contributed by atoms with Crippen molar-refractivity contribution in [2.45, 2.75) is 13.3 Å². The fourth-order valence-corrected chi connectivity index (χ4v) is 0.365. The molecule has 0 saturated heterocycles. The molecule has 11 heavy (non-hydrogen) atoms. The third-order valence-corrected chi connectivity index (χ3v) is 0.548. The smallest absolute Gasteiger partial charge is 0.138 e. The van der Waals surface area contributed by atoms with Gasteiger partial charge in [-0.1, -0.05) is 6.92 Å². The Morgan fingerprint density at radius 3 is 1.45 bits per heavy atom. The fraction of sp³-hybridized carbons (Fsp3) is 0.800. The van der Waals surface area contributed by atoms with E-state index in [-0.39, 0.29) is 0 Å². The van der Waals surface area contributed by atoms with Gasteiger partial charge in [0.25, 0.3) is 0 Å². The predicted molar refractivity (Wildman–Crippen MR) is 28.5 cm³/mol. The molecular formula is C5H12ClNO4. The molecule has 0 aromatic heterocycles. The minimum Gasteiger partial charge on any atom is -0.245 e. The standard InChI is InChI=1S/C5H12N.ClHO4/c1-4-5-6(2)3;2-1(3,4)5/h5H,4H2,1-3H3;(H,2,3,4,5)/q+1;/p-1. The van der Waals surface area contributed by atoms with Crippen molar-refractivity contribution in [2.24, 2.45) is 0 Å². The SMILES string of the molecule is CCC=[N+](C)C.[O-][Cl+3]([O-])([O-])[O-]. The second-order valence-corrected chi connectivity index (χ2v) is 2.69. The summed E-state index contributed by atoms with van der Waals surface area (Å²) in [5.41, 5.74) is 0. The zero-order valence-electron chi connectivity index (χ0n) is 6.74. The molecule has 0 N–H and O–H groups in total. The molecule has 0 aliphatic heterocycles. The van der Waals surface area contributed by atoms with Gasteiger partial charge < -0.3 is 0 Å². The summed E-state index contributed by atoms with van der Waals surface area (Å²) >= 11 is 0. The number of nitrogens with zero attached hydrogens (tertiary/aromatic N) is 1. The van der Waals surface area contributed by atoms with Crippen molar-refractivity contribution in [3.05, 3.63) is 0 Å². The summed E-state index contributed by atoms with van der Waals surface area (Å²) in [4.78, 5) is 0. The zero-order valence-corrected chi connectivity index (χ0v) is 7.50. The summed E-state index contributed by atoms with van der Waals surface area (Å²) in [6.45, 7) is 2.12. The van der Waals surface area contributed by atoms with Crippen molar-refractivity contribution < 1.29 is 33.5 Å². The first-order valence-corrected chi connectivity index (χ1v) is 4.12. The number of halogens is 1. The minimum absolute atomic E-state index is 1.13. The van der Waals surface area contributed by atoms with E-state index in [9.17, 15) is 0 Å². The van der Waals surface area contributed by atoms with E-state index in [1.165, 1.54) is 0 Å². The Morgan fingerprint density at radius 2 is 1.45 bits per heavy atom. The number of hydrogen-bond acceptors (Lipinski definition) is 4. The first-order valence-electron chi connectivity index (χ1n) is 2.89. The van der Waals surface area contributed by atoms with Crippen molar-refractivity contribution in [3.8, 4) is 0 Å². The fourth-order valence-electron chi connectivity index (χ4n) is 0.365. The van der Waals surface area contributed by atoms with Crippen LogP contribution in [0.5, 0.6) is 0 Å². The normalized spacial score (nSPS) is 9.73. The van der Waals surface area contributed by atoms with Crippen LogP contribution in [0.2, 0.25) is 0 Å². The predicted octanol–water partition coefficient (Wildman–Crippen LogP) is -4.02. The molecule has 0 bridgehead atoms. The van der Waals surface area contributed by atoms with Crippen molar-refractivity contribution in [1.29, 1.82) is 0 Å². The molecule has 5 nitrogen and oxygen atoms in total. The van der Waals surface area contributed by atoms with E-state index in [0.29, 0.717) is 0 Å². The largest absolute Gasteiger partial charge is 0.245 e. The highest BCUT2D eigenvalue weighted by atomic mass is 35.7. The van der Waals surface area contributed by atoms with Gasteiger partial charge in [0.2, 0.25) is 0 Å². The van der Waals surface area contributed by atoms with Crippen LogP contribution in [0.4, 0.5) is 0 Å². The van der Waals surface area contributed by atoms with Gasteiger partial charge in [0.1, 0.15) is 20.3 Å². The minimum atomic E-state index is -4.94. The number of hydrogen-bond donors (Lipinski definition) is 0. The lowest BCUT2D eigenvalue weighted by molar-refractivity contribution is -2.00. The molecule has 0 spiro atoms. The van der Waals surface area contributed by atoms with Gasteiger partial charge in [-0.3, -0.25) is 0 Å². The maximum Gasteiger partial charge on any atom is 0.138 e. The van der Waals surface area contributed by atoms with Crippen molar-refractivity contribution in [1.82, 2.24) is 0 Å². The molecule has 0 rings (SSSR count). The van der Waals surface area contributed by atoms with Gasteiger partial charge >= 0.3 is 0 Å². The summed E-state index contributed by atoms with van der Waals surface area (Å²) in [6.07, 6.45) is 3.26. The second kappa shape index (κ2) is 6.51. The summed E-state index contributed by atoms with van der Waals surface area (Å²) in [7, 11) is -0.882. The van der Waals surface area contributed by atoms with E-state index in [1.54, 1.807) is 0 Å². The lowest BCUT2D eigenvalue weighted by Crippen LogP contribution is -2.68. The summed E-state index contributed by atoms with van der Waals surface area (Å²) in [5.74, 6) is 0. The third kappa shape index (κ3) is 76.1. The van der Waals surface area contributed by atoms with E-state index >= 15 is 0 Å². The Hall–Kier alpha value is -0.200. The summed E-state index contributed by atoms with van der Waals surface area (Å²) in [5, 5.41) is 0. The van der Waals surface area contributed by atoms with Crippen LogP contribution in [-0.4, -0.2) is 24.9 Å². The zero-order chi connectivity index (χ0) is 9.49. The highest BCUT2D eigenvalue weighted by Gasteiger charge is 1.84. The molecule has 68 valence electrons. The van der Waals surface area contributed by atoms with Crippen molar-refractivity contribution >= 4 is 6.21 Å². The molecule has 0 atom stereocenters. The Bertz CT molecular complexity index is 110. The van der Waals surface area contributed by atoms with E-state index in [4.69, 9.17) is 18.6 Å². The van der Waals surface area contributed by atoms with Crippen molar-refractivity contribution in [3.63, 3.8) is 0 Å². The van der Waals surface area contributed by atoms with Crippen LogP contribution in [0.1, 0.15) is 13.3 Å². The van der Waals surface area contributed by atoms with E-state index in [0.717, 1.165) is 6.42 Å². The Kier molecular flexibility index (Phi) is 7.92. The maximum atomic E-state index is 8.49. The van der Waals surface area contributed by atoms with Gasteiger partial charge in [-0.2, -0.15) is 0 Å². The molecule has 0 fully saturated rings. The molecule has 0 aliphatic rings. The molecule has 6 heteroatoms. The van der Waals surface area contributed by atoms with Crippen LogP contribution >= 0.6 is 0 Å². The Balaban J connectivity index is 0. The molecule has 0 radical (unpaired) electrons. The first kappa shape index (κ1) is 13.4. The molecule has 0 amide bonds. The van der Waals surface area contributed by atoms with Gasteiger partial charge in [-0.05, 0) is 0 Å². The maximum absolute atomic E-state index is 8.49. The lowest BCUT2D eigenvalue weighted by atomic mass is 10.5. The van der Waals surface area contributed by atoms with Gasteiger partial charge in [0.15, 0.2) is 0 Å². The molecule has 0 saturated carbocycles. The Labute approximate surface area is 67.9 Å². The topological polar surface area (TPSA) is 95.2 Å². The van der Waals surface area contributed by atoms with Gasteiger partial charge in [0, 0.05) is 6.42 Å². The summed E-state index contributed by atoms with van der Waals surface area (Å²) < 4.78 is 36.0. The molecular weight excluding hydrogens is 174 g/mol. The molecule has 0 aliphatic carbocycles. The average molecular weight is 186 g/mol. The lowest BCUT2D eigenvalue weighted by Gasteiger charge is -2.17. The van der Waals surface area contributed by atoms with Gasteiger partial charge in [0.05, 0.1) is 0 Å². The van der Waals surface area contributed by atoms with Crippen LogP contribution in [-0.2, 0) is 0 Å². The monoisotopic (exact) mass is 185 g/mol. The quantitative estimate of drug-likeness (QED) is 0.307. The van der Waals surface area contributed by atoms with Crippen LogP contribution in [0.15, 0.2) is 0 Å². The second-order valence-electron chi connectivity index (χ2n) is 1.93. The van der Waals surface area contributed by atoms with Crippen LogP contribution in [0.3, 0.4) is 0 Å². The van der Waals surface area contributed by atoms with E-state index in [1.807, 2.05) is 14.1 Å². The molecule has 0 unspecified atom stereocenters. The first-order chi connectivity index (χ1) is 4.77. The van der Waals surface area contributed by atoms with Gasteiger partial charge in [-0.15, -0.1) is 10.2 Å². The highest BCUT2D eigenvalue weighted by Crippen LogP contribution is 1.61. The average Bonchev–Trinajstić information content (AvgIpc) is 1.58. The summed E-state index contributed by atoms with van der Waals surface area (Å²) in [6, 6.07) is 0. The van der Waals surface area contributed by atoms with Crippen LogP contribution < -0.4 is 18.6 Å². The van der Waals surface area contributed by atoms with Crippen molar-refractivity contribution in [2.75, 3.05) is 14.1 Å². The third-order valence-electron chi connectivity index (χ3n) is 0.548. The molecule has 0 heterocycles.